The Labute approximate surface area is 128 Å². The van der Waals surface area contributed by atoms with Crippen molar-refractivity contribution in [1.82, 2.24) is 4.90 Å². The Morgan fingerprint density at radius 3 is 2.52 bits per heavy atom. The van der Waals surface area contributed by atoms with Gasteiger partial charge in [-0.15, -0.1) is 0 Å². The molecule has 0 aliphatic carbocycles. The van der Waals surface area contributed by atoms with Crippen LogP contribution in [-0.4, -0.2) is 41.5 Å². The molecule has 1 aliphatic rings. The molecule has 21 heavy (non-hydrogen) atoms. The molecular formula is C15H19ClN2O3. The van der Waals surface area contributed by atoms with Crippen molar-refractivity contribution in [2.45, 2.75) is 13.8 Å². The number of hydrogen-bond donors (Lipinski definition) is 2. The van der Waals surface area contributed by atoms with Crippen LogP contribution in [-0.2, 0) is 4.79 Å². The molecule has 2 unspecified atom stereocenters. The van der Waals surface area contributed by atoms with Crippen LogP contribution < -0.4 is 5.32 Å². The number of carbonyl (C=O) groups is 2. The first-order valence-corrected chi connectivity index (χ1v) is 7.29. The van der Waals surface area contributed by atoms with E-state index < -0.39 is 5.97 Å². The van der Waals surface area contributed by atoms with Gasteiger partial charge in [0.15, 0.2) is 0 Å². The summed E-state index contributed by atoms with van der Waals surface area (Å²) in [5.74, 6) is -0.0708. The molecule has 0 aromatic heterocycles. The molecule has 2 rings (SSSR count). The third kappa shape index (κ3) is 3.95. The Bertz CT molecular complexity index is 552. The van der Waals surface area contributed by atoms with Gasteiger partial charge in [-0.05, 0) is 30.0 Å². The van der Waals surface area contributed by atoms with Gasteiger partial charge in [0.25, 0.3) is 0 Å². The summed E-state index contributed by atoms with van der Waals surface area (Å²) < 4.78 is 0. The first kappa shape index (κ1) is 15.8. The van der Waals surface area contributed by atoms with Crippen LogP contribution in [0.4, 0.5) is 5.69 Å². The molecule has 1 amide bonds. The topological polar surface area (TPSA) is 69.6 Å². The minimum atomic E-state index is -1.05. The largest absolute Gasteiger partial charge is 0.478 e. The standard InChI is InChI=1S/C15H19ClN2O3/c1-9-6-18(7-10(9)2)8-14(19)17-13-5-11(15(20)21)3-4-12(13)16/h3-5,9-10H,6-8H2,1-2H3,(H,17,19)(H,20,21). The van der Waals surface area contributed by atoms with E-state index >= 15 is 0 Å². The Kier molecular flexibility index (Phi) is 4.85. The zero-order valence-corrected chi connectivity index (χ0v) is 12.9. The van der Waals surface area contributed by atoms with E-state index in [1.54, 1.807) is 0 Å². The lowest BCUT2D eigenvalue weighted by molar-refractivity contribution is -0.117. The summed E-state index contributed by atoms with van der Waals surface area (Å²) in [7, 11) is 0. The summed E-state index contributed by atoms with van der Waals surface area (Å²) >= 11 is 5.99. The number of amides is 1. The van der Waals surface area contributed by atoms with Gasteiger partial charge in [0.2, 0.25) is 5.91 Å². The Morgan fingerprint density at radius 1 is 1.33 bits per heavy atom. The number of nitrogens with one attached hydrogen (secondary N) is 1. The Balaban J connectivity index is 2.00. The third-order valence-corrected chi connectivity index (χ3v) is 4.25. The van der Waals surface area contributed by atoms with E-state index in [-0.39, 0.29) is 11.5 Å². The molecule has 1 aromatic carbocycles. The highest BCUT2D eigenvalue weighted by Gasteiger charge is 2.27. The van der Waals surface area contributed by atoms with Crippen molar-refractivity contribution in [2.24, 2.45) is 11.8 Å². The number of likely N-dealkylation sites (tertiary alicyclic amines) is 1. The van der Waals surface area contributed by atoms with E-state index in [2.05, 4.69) is 24.1 Å². The van der Waals surface area contributed by atoms with Gasteiger partial charge in [-0.2, -0.15) is 0 Å². The van der Waals surface area contributed by atoms with Gasteiger partial charge in [0.1, 0.15) is 0 Å². The molecule has 1 aromatic rings. The van der Waals surface area contributed by atoms with Crippen LogP contribution in [0.25, 0.3) is 0 Å². The van der Waals surface area contributed by atoms with Crippen molar-refractivity contribution in [1.29, 1.82) is 0 Å². The Morgan fingerprint density at radius 2 is 1.95 bits per heavy atom. The van der Waals surface area contributed by atoms with Gasteiger partial charge in [-0.1, -0.05) is 25.4 Å². The van der Waals surface area contributed by atoms with Crippen molar-refractivity contribution in [3.05, 3.63) is 28.8 Å². The highest BCUT2D eigenvalue weighted by atomic mass is 35.5. The monoisotopic (exact) mass is 310 g/mol. The highest BCUT2D eigenvalue weighted by molar-refractivity contribution is 6.33. The second kappa shape index (κ2) is 6.45. The molecule has 114 valence electrons. The number of rotatable bonds is 4. The molecule has 0 bridgehead atoms. The SMILES string of the molecule is CC1CN(CC(=O)Nc2cc(C(=O)O)ccc2Cl)CC1C. The van der Waals surface area contributed by atoms with Gasteiger partial charge < -0.3 is 10.4 Å². The fourth-order valence-electron chi connectivity index (χ4n) is 2.52. The summed E-state index contributed by atoms with van der Waals surface area (Å²) in [6, 6.07) is 4.25. The molecule has 0 spiro atoms. The first-order chi connectivity index (χ1) is 9.86. The summed E-state index contributed by atoms with van der Waals surface area (Å²) in [6.07, 6.45) is 0. The van der Waals surface area contributed by atoms with E-state index in [1.807, 2.05) is 0 Å². The van der Waals surface area contributed by atoms with E-state index in [0.29, 0.717) is 29.1 Å². The molecule has 0 radical (unpaired) electrons. The van der Waals surface area contributed by atoms with E-state index in [0.717, 1.165) is 13.1 Å². The number of carbonyl (C=O) groups excluding carboxylic acids is 1. The molecule has 2 N–H and O–H groups in total. The average molecular weight is 311 g/mol. The minimum absolute atomic E-state index is 0.0955. The lowest BCUT2D eigenvalue weighted by Crippen LogP contribution is -2.31. The number of carboxylic acids is 1. The van der Waals surface area contributed by atoms with Crippen molar-refractivity contribution in [2.75, 3.05) is 25.0 Å². The third-order valence-electron chi connectivity index (χ3n) is 3.92. The van der Waals surface area contributed by atoms with Crippen LogP contribution in [0.2, 0.25) is 5.02 Å². The van der Waals surface area contributed by atoms with Crippen molar-refractivity contribution >= 4 is 29.2 Å². The fourth-order valence-corrected chi connectivity index (χ4v) is 2.69. The maximum Gasteiger partial charge on any atom is 0.335 e. The van der Waals surface area contributed by atoms with E-state index in [9.17, 15) is 9.59 Å². The lowest BCUT2D eigenvalue weighted by Gasteiger charge is -2.15. The Hall–Kier alpha value is -1.59. The van der Waals surface area contributed by atoms with Gasteiger partial charge in [-0.25, -0.2) is 4.79 Å². The quantitative estimate of drug-likeness (QED) is 0.896. The van der Waals surface area contributed by atoms with Crippen LogP contribution in [0.5, 0.6) is 0 Å². The molecule has 0 saturated carbocycles. The minimum Gasteiger partial charge on any atom is -0.478 e. The van der Waals surface area contributed by atoms with Crippen LogP contribution in [0, 0.1) is 11.8 Å². The molecule has 5 nitrogen and oxygen atoms in total. The highest BCUT2D eigenvalue weighted by Crippen LogP contribution is 2.24. The van der Waals surface area contributed by atoms with Crippen LogP contribution in [0.15, 0.2) is 18.2 Å². The first-order valence-electron chi connectivity index (χ1n) is 6.92. The van der Waals surface area contributed by atoms with Crippen molar-refractivity contribution in [3.8, 4) is 0 Å². The second-order valence-electron chi connectivity index (χ2n) is 5.70. The summed E-state index contributed by atoms with van der Waals surface area (Å²) in [5.41, 5.74) is 0.431. The molecule has 1 heterocycles. The fraction of sp³-hybridized carbons (Fsp3) is 0.467. The number of benzene rings is 1. The van der Waals surface area contributed by atoms with Gasteiger partial charge in [0, 0.05) is 13.1 Å². The summed E-state index contributed by atoms with van der Waals surface area (Å²) in [6.45, 7) is 6.45. The molecule has 1 saturated heterocycles. The van der Waals surface area contributed by atoms with Crippen molar-refractivity contribution in [3.63, 3.8) is 0 Å². The predicted molar refractivity (Wildman–Crippen MR) is 81.8 cm³/mol. The maximum absolute atomic E-state index is 12.1. The predicted octanol–water partition coefficient (Wildman–Crippen LogP) is 2.56. The molecule has 1 aliphatic heterocycles. The maximum atomic E-state index is 12.1. The zero-order valence-electron chi connectivity index (χ0n) is 12.1. The van der Waals surface area contributed by atoms with Gasteiger partial charge >= 0.3 is 5.97 Å². The van der Waals surface area contributed by atoms with Crippen LogP contribution >= 0.6 is 11.6 Å². The van der Waals surface area contributed by atoms with E-state index in [1.165, 1.54) is 18.2 Å². The summed E-state index contributed by atoms with van der Waals surface area (Å²) in [5, 5.41) is 12.0. The van der Waals surface area contributed by atoms with Gasteiger partial charge in [-0.3, -0.25) is 9.69 Å². The number of aromatic carboxylic acids is 1. The average Bonchev–Trinajstić information content (AvgIpc) is 2.70. The normalized spacial score (nSPS) is 22.2. The second-order valence-corrected chi connectivity index (χ2v) is 6.10. The van der Waals surface area contributed by atoms with Crippen molar-refractivity contribution < 1.29 is 14.7 Å². The molecule has 1 fully saturated rings. The molecule has 2 atom stereocenters. The van der Waals surface area contributed by atoms with Crippen LogP contribution in [0.1, 0.15) is 24.2 Å². The smallest absolute Gasteiger partial charge is 0.335 e. The number of halogens is 1. The molecular weight excluding hydrogens is 292 g/mol. The van der Waals surface area contributed by atoms with Gasteiger partial charge in [0.05, 0.1) is 22.8 Å². The zero-order chi connectivity index (χ0) is 15.6. The summed E-state index contributed by atoms with van der Waals surface area (Å²) in [4.78, 5) is 25.1. The van der Waals surface area contributed by atoms with E-state index in [4.69, 9.17) is 16.7 Å². The molecule has 6 heteroatoms. The lowest BCUT2D eigenvalue weighted by atomic mass is 10.0. The number of nitrogens with zero attached hydrogens (tertiary/aromatic N) is 1. The number of hydrogen-bond acceptors (Lipinski definition) is 3. The van der Waals surface area contributed by atoms with Crippen LogP contribution in [0.3, 0.4) is 0 Å². The number of anilines is 1. The number of carboxylic acid groups (broad SMARTS) is 1.